The Labute approximate surface area is 860 Å². The zero-order chi connectivity index (χ0) is 98.9. The van der Waals surface area contributed by atoms with Gasteiger partial charge in [0.15, 0.2) is 0 Å². The van der Waals surface area contributed by atoms with Gasteiger partial charge in [0.2, 0.25) is 0 Å². The van der Waals surface area contributed by atoms with E-state index in [0.29, 0.717) is 0 Å². The lowest BCUT2D eigenvalue weighted by Gasteiger charge is -2.27. The Bertz CT molecular complexity index is 8300. The van der Waals surface area contributed by atoms with Crippen LogP contribution < -0.4 is 24.5 Å². The summed E-state index contributed by atoms with van der Waals surface area (Å²) in [7, 11) is -0.417. The van der Waals surface area contributed by atoms with Gasteiger partial charge in [-0.25, -0.2) is 0 Å². The van der Waals surface area contributed by atoms with E-state index in [2.05, 4.69) is 618 Å². The summed E-state index contributed by atoms with van der Waals surface area (Å²) in [6.07, 6.45) is 0. The number of benzene rings is 23. The van der Waals surface area contributed by atoms with Gasteiger partial charge < -0.3 is 33.6 Å². The third-order valence-corrected chi connectivity index (χ3v) is 28.0. The Morgan fingerprint density at radius 2 is 0.438 bits per heavy atom. The summed E-state index contributed by atoms with van der Waals surface area (Å²) >= 11 is 0. The maximum absolute atomic E-state index is 5.90. The van der Waals surface area contributed by atoms with Gasteiger partial charge in [-0.1, -0.05) is 359 Å². The van der Waals surface area contributed by atoms with Crippen LogP contribution in [-0.2, 0) is 0 Å². The number of hydrogen-bond acceptors (Lipinski definition) is 5. The molecule has 1 aliphatic rings. The van der Waals surface area contributed by atoms with E-state index < -0.39 is 9.79 Å². The Morgan fingerprint density at radius 1 is 0.212 bits per heavy atom. The molecule has 0 spiro atoms. The van der Waals surface area contributed by atoms with Crippen LogP contribution in [0, 0.1) is 13.8 Å². The lowest BCUT2D eigenvalue weighted by Crippen LogP contribution is -2.11. The molecule has 0 aliphatic heterocycles. The zero-order valence-corrected chi connectivity index (χ0v) is 81.5. The minimum absolute atomic E-state index is 0. The van der Waals surface area contributed by atoms with Crippen LogP contribution >= 0.6 is 9.79 Å². The lowest BCUT2D eigenvalue weighted by atomic mass is 9.89. The smallest absolute Gasteiger partial charge is 0.0541 e. The van der Waals surface area contributed by atoms with E-state index in [1.54, 1.807) is 0 Å². The van der Waals surface area contributed by atoms with Crippen molar-refractivity contribution < 1.29 is 0 Å². The van der Waals surface area contributed by atoms with Crippen LogP contribution in [-0.4, -0.2) is 11.7 Å². The third-order valence-electron chi connectivity index (χ3n) is 28.0. The van der Waals surface area contributed by atoms with Crippen LogP contribution in [0.3, 0.4) is 0 Å². The number of aryl methyl sites for hydroxylation is 2. The van der Waals surface area contributed by atoms with Crippen molar-refractivity contribution >= 4 is 160 Å². The molecule has 1 atom stereocenters. The molecule has 0 saturated carbocycles. The molecule has 700 valence electrons. The highest BCUT2D eigenvalue weighted by atomic mass is 31.0. The molecule has 23 aromatic carbocycles. The first kappa shape index (κ1) is 90.2. The fourth-order valence-corrected chi connectivity index (χ4v) is 21.3. The van der Waals surface area contributed by atoms with Crippen molar-refractivity contribution in [2.75, 3.05) is 24.5 Å². The van der Waals surface area contributed by atoms with Crippen molar-refractivity contribution in [3.63, 3.8) is 0 Å². The number of fused-ring (bicyclic) bond motifs is 11. The van der Waals surface area contributed by atoms with Gasteiger partial charge in [0, 0.05) is 124 Å². The first-order valence-corrected chi connectivity index (χ1v) is 49.5. The van der Waals surface area contributed by atoms with Crippen LogP contribution in [0.4, 0.5) is 85.3 Å². The SMILES string of the molecule is C.Cc1cccc(N(c2ccccc2)c2ccc(-c3ccc(N(c4ccccc4)c4cccc(C)c4)cc3)cc2)c1.[2H]P[3H].c1ccc(N(c2ccc(-c3ccc(N(c4ccccc4)c4cccc5ccccc45)cc3)cc2)c2cccc3ccccc23)cc1.c1ccc2c(c1)-c1ccccc1C2c1ccc(N(c2ccc(-n3c4ccccc4c4ccccc43)cc2)c2ccc(-n3c4ccccc4c4ccccc43)cc2)cc1. The van der Waals surface area contributed by atoms with E-state index in [1.165, 1.54) is 126 Å². The topological polar surface area (TPSA) is 26.1 Å². The second-order valence-electron chi connectivity index (χ2n) is 36.9. The number of anilines is 15. The van der Waals surface area contributed by atoms with Crippen LogP contribution in [0.2, 0.25) is 0 Å². The average molecular weight is 1900 g/mol. The Morgan fingerprint density at radius 3 is 0.760 bits per heavy atom. The summed E-state index contributed by atoms with van der Waals surface area (Å²) in [6.45, 7) is 4.27. The average Bonchev–Trinajstić information content (AvgIpc) is 1.60. The molecule has 26 rings (SSSR count). The van der Waals surface area contributed by atoms with Gasteiger partial charge in [-0.05, 0) is 304 Å². The molecule has 7 nitrogen and oxygen atoms in total. The summed E-state index contributed by atoms with van der Waals surface area (Å²) in [4.78, 5) is 11.7. The van der Waals surface area contributed by atoms with Crippen molar-refractivity contribution in [3.8, 4) is 44.8 Å². The van der Waals surface area contributed by atoms with Gasteiger partial charge in [-0.15, -0.1) is 0 Å². The number of hydrogen-bond donors (Lipinski definition) is 0. The Balaban J connectivity index is 0.000000126. The fraction of sp³-hybridized carbons (Fsp3) is 0.0290. The Kier molecular flexibility index (Phi) is 25.6. The summed E-state index contributed by atoms with van der Waals surface area (Å²) in [5.74, 6) is 0.200. The molecular formula is C138H108N7P. The van der Waals surface area contributed by atoms with Gasteiger partial charge in [0.25, 0.3) is 0 Å². The monoisotopic (exact) mass is 1900 g/mol. The minimum Gasteiger partial charge on any atom is -0.311 e. The number of para-hydroxylation sites is 8. The van der Waals surface area contributed by atoms with Crippen molar-refractivity contribution in [2.24, 2.45) is 0 Å². The zero-order valence-electron chi connectivity index (χ0n) is 82.5. The molecule has 2 heterocycles. The van der Waals surface area contributed by atoms with E-state index >= 15 is 0 Å². The minimum atomic E-state index is -0.417. The fourth-order valence-electron chi connectivity index (χ4n) is 21.3. The molecule has 0 fully saturated rings. The Hall–Kier alpha value is -18.4. The standard InChI is InChI=1S/C55H37N3.C44H32N2.C38H32N2.CH4.H3P/c1-3-19-49-43(13-1)44-14-2-4-20-50(44)55(49)37-25-27-38(28-26-37)56(39-29-33-41(34-30-39)57-51-21-9-5-15-45(51)46-16-6-10-22-52(46)57)40-31-35-42(36-32-40)58-53-23-11-7-17-47(53)48-18-8-12-24-54(48)58;1-3-17-37(18-4-1)45(43-23-11-15-35-13-7-9-21-41(35)43)39-29-25-33(26-30-39)34-27-31-40(32-28-34)46(38-19-5-2-6-20-38)44-24-12-16-36-14-8-10-22-42(36)44;1-29-11-9-17-37(27-29)39(33-13-5-3-6-14-33)35-23-19-31(20-24-35)32-21-25-36(26-22-32)40(34-15-7-4-8-16-34)38-18-10-12-30(2)28-38;;/h1-36,55H;1-32H;3-28H,1-2H3;1H4;1H3/i;;;;1TD. The van der Waals surface area contributed by atoms with Gasteiger partial charge in [0.05, 0.1) is 36.0 Å². The van der Waals surface area contributed by atoms with E-state index in [4.69, 9.17) is 2.56 Å². The largest absolute Gasteiger partial charge is 0.311 e. The van der Waals surface area contributed by atoms with Crippen LogP contribution in [0.25, 0.3) is 110 Å². The van der Waals surface area contributed by atoms with Crippen LogP contribution in [0.1, 0.15) is 41.2 Å². The summed E-state index contributed by atoms with van der Waals surface area (Å²) in [6, 6.07) is 205. The van der Waals surface area contributed by atoms with Crippen molar-refractivity contribution in [3.05, 3.63) is 598 Å². The highest BCUT2D eigenvalue weighted by Crippen LogP contribution is 2.51. The van der Waals surface area contributed by atoms with E-state index in [9.17, 15) is 0 Å². The number of rotatable bonds is 20. The predicted octanol–water partition coefficient (Wildman–Crippen LogP) is 38.7. The molecule has 2 aromatic heterocycles. The quantitative estimate of drug-likeness (QED) is 0.0709. The third kappa shape index (κ3) is 18.2. The summed E-state index contributed by atoms with van der Waals surface area (Å²) < 4.78 is 16.6. The second-order valence-corrected chi connectivity index (χ2v) is 36.9. The molecule has 0 bridgehead atoms. The summed E-state index contributed by atoms with van der Waals surface area (Å²) in [5, 5.41) is 9.96. The van der Waals surface area contributed by atoms with Crippen LogP contribution in [0.5, 0.6) is 0 Å². The molecule has 1 unspecified atom stereocenters. The van der Waals surface area contributed by atoms with Gasteiger partial charge in [-0.3, -0.25) is 0 Å². The molecular weight excluding hydrogens is 1790 g/mol. The first-order chi connectivity index (χ1) is 72.7. The number of aromatic nitrogens is 2. The van der Waals surface area contributed by atoms with Gasteiger partial charge >= 0.3 is 0 Å². The second kappa shape index (κ2) is 41.4. The highest BCUT2D eigenvalue weighted by Gasteiger charge is 2.31. The molecule has 8 heteroatoms. The van der Waals surface area contributed by atoms with Gasteiger partial charge in [0.1, 0.15) is 0 Å². The van der Waals surface area contributed by atoms with E-state index in [0.717, 1.165) is 96.7 Å². The molecule has 0 saturated heterocycles. The molecule has 0 amide bonds. The molecule has 1 aliphatic carbocycles. The molecule has 0 N–H and O–H groups in total. The normalized spacial score (nSPS) is 11.6. The molecule has 146 heavy (non-hydrogen) atoms. The number of nitrogens with zero attached hydrogens (tertiary/aromatic N) is 7. The molecule has 25 aromatic rings. The van der Waals surface area contributed by atoms with Gasteiger partial charge in [-0.2, -0.15) is 9.79 Å². The van der Waals surface area contributed by atoms with Crippen LogP contribution in [0.15, 0.2) is 570 Å². The summed E-state index contributed by atoms with van der Waals surface area (Å²) in [5.41, 5.74) is 38.0. The van der Waals surface area contributed by atoms with Crippen molar-refractivity contribution in [2.45, 2.75) is 27.2 Å². The maximum Gasteiger partial charge on any atom is 0.0541 e. The van der Waals surface area contributed by atoms with E-state index in [1.807, 2.05) is 0 Å². The molecule has 0 radical (unpaired) electrons. The highest BCUT2D eigenvalue weighted by molar-refractivity contribution is 6.92. The van der Waals surface area contributed by atoms with Crippen molar-refractivity contribution in [1.82, 2.24) is 9.13 Å². The lowest BCUT2D eigenvalue weighted by molar-refractivity contribution is 1.01. The van der Waals surface area contributed by atoms with E-state index in [-0.39, 0.29) is 13.3 Å². The first-order valence-electron chi connectivity index (χ1n) is 50.5. The maximum atomic E-state index is 5.90. The predicted molar refractivity (Wildman–Crippen MR) is 627 cm³/mol. The van der Waals surface area contributed by atoms with Crippen molar-refractivity contribution in [1.29, 1.82) is 2.56 Å².